The average Bonchev–Trinajstić information content (AvgIpc) is 3.18. The number of piperidine rings is 1. The van der Waals surface area contributed by atoms with Crippen LogP contribution in [-0.2, 0) is 11.2 Å². The summed E-state index contributed by atoms with van der Waals surface area (Å²) in [6.07, 6.45) is 5.78. The molecule has 1 aliphatic rings. The number of nitrogens with zero attached hydrogens (tertiary/aromatic N) is 4. The molecule has 27 heavy (non-hydrogen) atoms. The predicted molar refractivity (Wildman–Crippen MR) is 105 cm³/mol. The van der Waals surface area contributed by atoms with Crippen LogP contribution in [0.15, 0.2) is 36.9 Å². The highest BCUT2D eigenvalue weighted by atomic mass is 35.5. The SMILES string of the molecule is O=C(NCCc1ccc(Cl)cc1)C1CCCN(c2ncnc3nc[nH]c23)C1. The molecule has 1 unspecified atom stereocenters. The van der Waals surface area contributed by atoms with Crippen molar-refractivity contribution in [2.75, 3.05) is 24.5 Å². The van der Waals surface area contributed by atoms with Gasteiger partial charge in [0.15, 0.2) is 11.5 Å². The van der Waals surface area contributed by atoms with Gasteiger partial charge in [-0.2, -0.15) is 0 Å². The van der Waals surface area contributed by atoms with E-state index in [1.165, 1.54) is 6.33 Å². The molecule has 0 bridgehead atoms. The standard InChI is InChI=1S/C19H21ClN6O/c20-15-5-3-13(4-6-15)7-8-21-19(27)14-2-1-9-26(10-14)18-16-17(23-11-22-16)24-12-25-18/h3-6,11-12,14H,1-2,7-10H2,(H,21,27)(H,22,23,24,25). The zero-order valence-corrected chi connectivity index (χ0v) is 15.6. The summed E-state index contributed by atoms with van der Waals surface area (Å²) in [5, 5.41) is 3.79. The van der Waals surface area contributed by atoms with Gasteiger partial charge in [0, 0.05) is 24.7 Å². The smallest absolute Gasteiger partial charge is 0.224 e. The van der Waals surface area contributed by atoms with Gasteiger partial charge in [-0.3, -0.25) is 4.79 Å². The molecule has 1 amide bonds. The summed E-state index contributed by atoms with van der Waals surface area (Å²) in [5.41, 5.74) is 2.63. The Kier molecular flexibility index (Phi) is 5.20. The quantitative estimate of drug-likeness (QED) is 0.706. The summed E-state index contributed by atoms with van der Waals surface area (Å²) in [6.45, 7) is 2.15. The van der Waals surface area contributed by atoms with Crippen molar-refractivity contribution in [3.05, 3.63) is 47.5 Å². The largest absolute Gasteiger partial charge is 0.355 e. The summed E-state index contributed by atoms with van der Waals surface area (Å²) in [5.74, 6) is 0.872. The Morgan fingerprint density at radius 1 is 1.26 bits per heavy atom. The molecule has 7 nitrogen and oxygen atoms in total. The van der Waals surface area contributed by atoms with Crippen molar-refractivity contribution in [1.29, 1.82) is 0 Å². The molecule has 0 saturated carbocycles. The first-order chi connectivity index (χ1) is 13.2. The summed E-state index contributed by atoms with van der Waals surface area (Å²) in [7, 11) is 0. The highest BCUT2D eigenvalue weighted by molar-refractivity contribution is 6.30. The van der Waals surface area contributed by atoms with Crippen molar-refractivity contribution in [3.63, 3.8) is 0 Å². The van der Waals surface area contributed by atoms with Crippen LogP contribution in [0.4, 0.5) is 5.82 Å². The van der Waals surface area contributed by atoms with Crippen LogP contribution in [0.5, 0.6) is 0 Å². The molecule has 8 heteroatoms. The minimum atomic E-state index is -0.0445. The van der Waals surface area contributed by atoms with Crippen LogP contribution >= 0.6 is 11.6 Å². The summed E-state index contributed by atoms with van der Waals surface area (Å²) < 4.78 is 0. The number of H-pyrrole nitrogens is 1. The molecule has 0 radical (unpaired) electrons. The molecule has 1 saturated heterocycles. The number of carbonyl (C=O) groups excluding carboxylic acids is 1. The Morgan fingerprint density at radius 2 is 2.11 bits per heavy atom. The van der Waals surface area contributed by atoms with Crippen LogP contribution in [0.1, 0.15) is 18.4 Å². The number of aromatic nitrogens is 4. The highest BCUT2D eigenvalue weighted by Gasteiger charge is 2.27. The van der Waals surface area contributed by atoms with Gasteiger partial charge in [-0.15, -0.1) is 0 Å². The van der Waals surface area contributed by atoms with Crippen LogP contribution in [0, 0.1) is 5.92 Å². The fraction of sp³-hybridized carbons (Fsp3) is 0.368. The van der Waals surface area contributed by atoms with Gasteiger partial charge >= 0.3 is 0 Å². The Hall–Kier alpha value is -2.67. The summed E-state index contributed by atoms with van der Waals surface area (Å²) in [4.78, 5) is 30.6. The van der Waals surface area contributed by atoms with E-state index < -0.39 is 0 Å². The Balaban J connectivity index is 1.35. The van der Waals surface area contributed by atoms with E-state index >= 15 is 0 Å². The number of fused-ring (bicyclic) bond motifs is 1. The van der Waals surface area contributed by atoms with Gasteiger partial charge in [-0.25, -0.2) is 15.0 Å². The van der Waals surface area contributed by atoms with Gasteiger partial charge in [-0.1, -0.05) is 23.7 Å². The molecule has 3 heterocycles. The molecule has 0 spiro atoms. The number of rotatable bonds is 5. The van der Waals surface area contributed by atoms with Crippen LogP contribution in [-0.4, -0.2) is 45.5 Å². The van der Waals surface area contributed by atoms with Crippen LogP contribution in [0.25, 0.3) is 11.2 Å². The van der Waals surface area contributed by atoms with E-state index in [-0.39, 0.29) is 11.8 Å². The number of nitrogens with one attached hydrogen (secondary N) is 2. The monoisotopic (exact) mass is 384 g/mol. The third-order valence-electron chi connectivity index (χ3n) is 4.92. The molecule has 2 N–H and O–H groups in total. The molecular weight excluding hydrogens is 364 g/mol. The van der Waals surface area contributed by atoms with Crippen LogP contribution in [0.2, 0.25) is 5.02 Å². The molecule has 0 aliphatic carbocycles. The first-order valence-corrected chi connectivity index (χ1v) is 9.49. The second kappa shape index (κ2) is 7.92. The molecule has 1 atom stereocenters. The molecule has 1 fully saturated rings. The zero-order chi connectivity index (χ0) is 18.6. The molecule has 4 rings (SSSR count). The number of anilines is 1. The molecule has 1 aliphatic heterocycles. The minimum Gasteiger partial charge on any atom is -0.355 e. The van der Waals surface area contributed by atoms with E-state index in [1.54, 1.807) is 6.33 Å². The number of benzene rings is 1. The molecule has 140 valence electrons. The third-order valence-corrected chi connectivity index (χ3v) is 5.17. The fourth-order valence-corrected chi connectivity index (χ4v) is 3.63. The maximum atomic E-state index is 12.6. The topological polar surface area (TPSA) is 86.8 Å². The number of aromatic amines is 1. The number of carbonyl (C=O) groups is 1. The van der Waals surface area contributed by atoms with Crippen LogP contribution in [0.3, 0.4) is 0 Å². The van der Waals surface area contributed by atoms with Crippen molar-refractivity contribution in [2.45, 2.75) is 19.3 Å². The number of hydrogen-bond donors (Lipinski definition) is 2. The van der Waals surface area contributed by atoms with Crippen molar-refractivity contribution in [1.82, 2.24) is 25.3 Å². The summed E-state index contributed by atoms with van der Waals surface area (Å²) >= 11 is 5.90. The molecule has 3 aromatic rings. The predicted octanol–water partition coefficient (Wildman–Crippen LogP) is 2.58. The van der Waals surface area contributed by atoms with Crippen LogP contribution < -0.4 is 10.2 Å². The van der Waals surface area contributed by atoms with E-state index in [9.17, 15) is 4.79 Å². The average molecular weight is 385 g/mol. The first kappa shape index (κ1) is 17.7. The molecule has 1 aromatic carbocycles. The normalized spacial score (nSPS) is 17.2. The van der Waals surface area contributed by atoms with Gasteiger partial charge in [0.2, 0.25) is 5.91 Å². The van der Waals surface area contributed by atoms with Crippen molar-refractivity contribution < 1.29 is 4.79 Å². The lowest BCUT2D eigenvalue weighted by atomic mass is 9.97. The maximum absolute atomic E-state index is 12.6. The Labute approximate surface area is 162 Å². The summed E-state index contributed by atoms with van der Waals surface area (Å²) in [6, 6.07) is 7.72. The minimum absolute atomic E-state index is 0.0445. The third kappa shape index (κ3) is 4.03. The van der Waals surface area contributed by atoms with E-state index in [1.807, 2.05) is 24.3 Å². The van der Waals surface area contributed by atoms with Gasteiger partial charge in [0.1, 0.15) is 11.8 Å². The Morgan fingerprint density at radius 3 is 2.96 bits per heavy atom. The van der Waals surface area contributed by atoms with Crippen molar-refractivity contribution in [2.24, 2.45) is 5.92 Å². The van der Waals surface area contributed by atoms with Crippen molar-refractivity contribution in [3.8, 4) is 0 Å². The highest BCUT2D eigenvalue weighted by Crippen LogP contribution is 2.25. The zero-order valence-electron chi connectivity index (χ0n) is 14.9. The van der Waals surface area contributed by atoms with Gasteiger partial charge in [0.05, 0.1) is 12.2 Å². The maximum Gasteiger partial charge on any atom is 0.224 e. The molecule has 2 aromatic heterocycles. The first-order valence-electron chi connectivity index (χ1n) is 9.12. The van der Waals surface area contributed by atoms with E-state index in [2.05, 4.69) is 30.2 Å². The van der Waals surface area contributed by atoms with Crippen molar-refractivity contribution >= 4 is 34.5 Å². The lowest BCUT2D eigenvalue weighted by Gasteiger charge is -2.32. The fourth-order valence-electron chi connectivity index (χ4n) is 3.50. The van der Waals surface area contributed by atoms with E-state index in [4.69, 9.17) is 11.6 Å². The second-order valence-corrected chi connectivity index (χ2v) is 7.19. The van der Waals surface area contributed by atoms with Gasteiger partial charge < -0.3 is 15.2 Å². The lowest BCUT2D eigenvalue weighted by molar-refractivity contribution is -0.125. The Bertz CT molecular complexity index is 925. The lowest BCUT2D eigenvalue weighted by Crippen LogP contribution is -2.43. The number of amides is 1. The van der Waals surface area contributed by atoms with E-state index in [0.717, 1.165) is 47.7 Å². The van der Waals surface area contributed by atoms with E-state index in [0.29, 0.717) is 18.7 Å². The van der Waals surface area contributed by atoms with Gasteiger partial charge in [0.25, 0.3) is 0 Å². The number of hydrogen-bond acceptors (Lipinski definition) is 5. The molecular formula is C19H21ClN6O. The number of halogens is 1. The second-order valence-electron chi connectivity index (χ2n) is 6.75. The van der Waals surface area contributed by atoms with Gasteiger partial charge in [-0.05, 0) is 37.0 Å². The number of imidazole rings is 1.